The van der Waals surface area contributed by atoms with Crippen molar-refractivity contribution in [2.24, 2.45) is 0 Å². The van der Waals surface area contributed by atoms with Gasteiger partial charge in [-0.2, -0.15) is 4.31 Å². The lowest BCUT2D eigenvalue weighted by Crippen LogP contribution is -2.47. The van der Waals surface area contributed by atoms with Crippen LogP contribution in [0, 0.1) is 0 Å². The summed E-state index contributed by atoms with van der Waals surface area (Å²) in [6.07, 6.45) is 4.26. The molecule has 1 N–H and O–H groups in total. The molecule has 2 aliphatic heterocycles. The van der Waals surface area contributed by atoms with Crippen LogP contribution in [0.2, 0.25) is 0 Å². The minimum Gasteiger partial charge on any atom is -0.349 e. The van der Waals surface area contributed by atoms with Gasteiger partial charge in [0.1, 0.15) is 0 Å². The van der Waals surface area contributed by atoms with Crippen LogP contribution in [-0.2, 0) is 20.0 Å². The Morgan fingerprint density at radius 1 is 0.967 bits per heavy atom. The van der Waals surface area contributed by atoms with Gasteiger partial charge >= 0.3 is 0 Å². The predicted molar refractivity (Wildman–Crippen MR) is 115 cm³/mol. The second-order valence-corrected chi connectivity index (χ2v) is 11.9. The molecular weight excluding hydrogens is 426 g/mol. The van der Waals surface area contributed by atoms with Crippen LogP contribution < -0.4 is 5.32 Å². The van der Waals surface area contributed by atoms with Crippen LogP contribution in [-0.4, -0.2) is 69.3 Å². The molecule has 0 radical (unpaired) electrons. The quantitative estimate of drug-likeness (QED) is 0.672. The summed E-state index contributed by atoms with van der Waals surface area (Å²) in [5, 5.41) is 2.91. The van der Waals surface area contributed by atoms with Gasteiger partial charge in [-0.1, -0.05) is 25.5 Å². The predicted octanol–water partition coefficient (Wildman–Crippen LogP) is 1.80. The van der Waals surface area contributed by atoms with Crippen LogP contribution in [0.15, 0.2) is 29.2 Å². The first-order chi connectivity index (χ1) is 14.3. The lowest BCUT2D eigenvalue weighted by molar-refractivity contribution is 0.0920. The molecule has 2 aliphatic rings. The van der Waals surface area contributed by atoms with E-state index in [1.165, 1.54) is 20.7 Å². The summed E-state index contributed by atoms with van der Waals surface area (Å²) < 4.78 is 53.5. The third-order valence-corrected chi connectivity index (χ3v) is 9.74. The Kier molecular flexibility index (Phi) is 7.54. The van der Waals surface area contributed by atoms with E-state index in [9.17, 15) is 21.6 Å². The van der Waals surface area contributed by atoms with Gasteiger partial charge in [-0.05, 0) is 44.2 Å². The van der Waals surface area contributed by atoms with Crippen molar-refractivity contribution in [1.82, 2.24) is 13.9 Å². The first-order valence-electron chi connectivity index (χ1n) is 10.6. The van der Waals surface area contributed by atoms with Crippen LogP contribution >= 0.6 is 0 Å². The van der Waals surface area contributed by atoms with Crippen molar-refractivity contribution in [2.45, 2.75) is 56.4 Å². The van der Waals surface area contributed by atoms with Crippen LogP contribution in [0.4, 0.5) is 0 Å². The van der Waals surface area contributed by atoms with Gasteiger partial charge in [0, 0.05) is 32.2 Å². The molecule has 0 aliphatic carbocycles. The Balaban J connectivity index is 1.69. The van der Waals surface area contributed by atoms with E-state index in [0.29, 0.717) is 45.4 Å². The van der Waals surface area contributed by atoms with Gasteiger partial charge < -0.3 is 5.32 Å². The summed E-state index contributed by atoms with van der Waals surface area (Å²) in [4.78, 5) is 13.0. The van der Waals surface area contributed by atoms with Crippen molar-refractivity contribution in [3.8, 4) is 0 Å². The van der Waals surface area contributed by atoms with Crippen molar-refractivity contribution >= 4 is 26.0 Å². The molecule has 0 atom stereocenters. The van der Waals surface area contributed by atoms with Gasteiger partial charge in [0.05, 0.1) is 16.2 Å². The summed E-state index contributed by atoms with van der Waals surface area (Å²) in [5.41, 5.74) is 0.143. The lowest BCUT2D eigenvalue weighted by atomic mass is 10.1. The molecule has 0 saturated carbocycles. The normalized spacial score (nSPS) is 20.2. The zero-order chi connectivity index (χ0) is 21.8. The fourth-order valence-corrected chi connectivity index (χ4v) is 7.30. The number of nitrogens with zero attached hydrogens (tertiary/aromatic N) is 2. The second-order valence-electron chi connectivity index (χ2n) is 7.92. The zero-order valence-electron chi connectivity index (χ0n) is 17.4. The van der Waals surface area contributed by atoms with E-state index in [0.717, 1.165) is 19.3 Å². The minimum absolute atomic E-state index is 0.0346. The molecule has 10 heteroatoms. The number of carbonyl (C=O) groups excluding carboxylic acids is 1. The monoisotopic (exact) mass is 457 g/mol. The summed E-state index contributed by atoms with van der Waals surface area (Å²) in [7, 11) is -6.97. The minimum atomic E-state index is -3.73. The standard InChI is InChI=1S/C20H31N3O5S2/c1-2-16-29(25,26)22-14-10-17(11-15-22)21-20(24)18-8-4-5-9-19(18)30(27,28)23-12-6-3-7-13-23/h4-5,8-9,17H,2-3,6-7,10-16H2,1H3,(H,21,24). The van der Waals surface area contributed by atoms with Crippen molar-refractivity contribution in [3.63, 3.8) is 0 Å². The van der Waals surface area contributed by atoms with E-state index in [4.69, 9.17) is 0 Å². The van der Waals surface area contributed by atoms with E-state index < -0.39 is 26.0 Å². The van der Waals surface area contributed by atoms with Gasteiger partial charge in [-0.3, -0.25) is 4.79 Å². The third kappa shape index (κ3) is 5.22. The first kappa shape index (κ1) is 23.2. The molecule has 30 heavy (non-hydrogen) atoms. The second kappa shape index (κ2) is 9.76. The van der Waals surface area contributed by atoms with Crippen molar-refractivity contribution in [2.75, 3.05) is 31.9 Å². The van der Waals surface area contributed by atoms with Crippen LogP contribution in [0.5, 0.6) is 0 Å². The molecule has 0 bridgehead atoms. The molecule has 1 amide bonds. The number of benzene rings is 1. The van der Waals surface area contributed by atoms with E-state index in [1.807, 2.05) is 6.92 Å². The van der Waals surface area contributed by atoms with Gasteiger partial charge in [-0.15, -0.1) is 0 Å². The van der Waals surface area contributed by atoms with E-state index in [1.54, 1.807) is 12.1 Å². The van der Waals surface area contributed by atoms with Gasteiger partial charge in [0.2, 0.25) is 20.0 Å². The molecule has 0 aromatic heterocycles. The number of piperidine rings is 2. The van der Waals surface area contributed by atoms with E-state index >= 15 is 0 Å². The number of amides is 1. The maximum atomic E-state index is 13.1. The molecule has 1 aromatic rings. The Morgan fingerprint density at radius 2 is 1.60 bits per heavy atom. The molecule has 8 nitrogen and oxygen atoms in total. The molecule has 0 spiro atoms. The number of carbonyl (C=O) groups is 1. The van der Waals surface area contributed by atoms with Gasteiger partial charge in [-0.25, -0.2) is 21.1 Å². The zero-order valence-corrected chi connectivity index (χ0v) is 19.1. The SMILES string of the molecule is CCCS(=O)(=O)N1CCC(NC(=O)c2ccccc2S(=O)(=O)N2CCCCC2)CC1. The molecule has 0 unspecified atom stereocenters. The Morgan fingerprint density at radius 3 is 2.23 bits per heavy atom. The third-order valence-electron chi connectivity index (χ3n) is 5.71. The highest BCUT2D eigenvalue weighted by Gasteiger charge is 2.32. The maximum absolute atomic E-state index is 13.1. The summed E-state index contributed by atoms with van der Waals surface area (Å²) in [6.45, 7) is 3.51. The maximum Gasteiger partial charge on any atom is 0.252 e. The fraction of sp³-hybridized carbons (Fsp3) is 0.650. The summed E-state index contributed by atoms with van der Waals surface area (Å²) in [5.74, 6) is -0.299. The topological polar surface area (TPSA) is 104 Å². The molecule has 2 saturated heterocycles. The highest BCUT2D eigenvalue weighted by Crippen LogP contribution is 2.24. The number of nitrogens with one attached hydrogen (secondary N) is 1. The van der Waals surface area contributed by atoms with Crippen molar-refractivity contribution in [3.05, 3.63) is 29.8 Å². The summed E-state index contributed by atoms with van der Waals surface area (Å²) >= 11 is 0. The van der Waals surface area contributed by atoms with Crippen LogP contribution in [0.1, 0.15) is 55.8 Å². The average Bonchev–Trinajstić information content (AvgIpc) is 2.74. The van der Waals surface area contributed by atoms with E-state index in [-0.39, 0.29) is 22.3 Å². The van der Waals surface area contributed by atoms with E-state index in [2.05, 4.69) is 5.32 Å². The van der Waals surface area contributed by atoms with Crippen LogP contribution in [0.3, 0.4) is 0 Å². The number of hydrogen-bond acceptors (Lipinski definition) is 5. The number of rotatable bonds is 7. The molecular formula is C20H31N3O5S2. The highest BCUT2D eigenvalue weighted by atomic mass is 32.2. The van der Waals surface area contributed by atoms with Gasteiger partial charge in [0.25, 0.3) is 5.91 Å². The largest absolute Gasteiger partial charge is 0.349 e. The molecule has 3 rings (SSSR count). The Hall–Kier alpha value is -1.49. The number of hydrogen-bond donors (Lipinski definition) is 1. The van der Waals surface area contributed by atoms with Crippen molar-refractivity contribution < 1.29 is 21.6 Å². The molecule has 168 valence electrons. The highest BCUT2D eigenvalue weighted by molar-refractivity contribution is 7.89. The van der Waals surface area contributed by atoms with Crippen molar-refractivity contribution in [1.29, 1.82) is 0 Å². The fourth-order valence-electron chi connectivity index (χ4n) is 4.05. The lowest BCUT2D eigenvalue weighted by Gasteiger charge is -2.32. The summed E-state index contributed by atoms with van der Waals surface area (Å²) in [6, 6.07) is 6.12. The smallest absolute Gasteiger partial charge is 0.252 e. The van der Waals surface area contributed by atoms with Crippen LogP contribution in [0.25, 0.3) is 0 Å². The van der Waals surface area contributed by atoms with Gasteiger partial charge in [0.15, 0.2) is 0 Å². The molecule has 2 heterocycles. The Labute approximate surface area is 179 Å². The number of sulfonamides is 2. The molecule has 2 fully saturated rings. The first-order valence-corrected chi connectivity index (χ1v) is 13.7. The Bertz CT molecular complexity index is 948. The average molecular weight is 458 g/mol. The molecule has 1 aromatic carbocycles.